The molecule has 1 amide bonds. The molecule has 3 heterocycles. The number of carbonyl (C=O) groups excluding carboxylic acids is 1. The van der Waals surface area contributed by atoms with Gasteiger partial charge < -0.3 is 14.5 Å². The normalized spacial score (nSPS) is 11.1. The zero-order valence-corrected chi connectivity index (χ0v) is 19.3. The van der Waals surface area contributed by atoms with Gasteiger partial charge in [-0.1, -0.05) is 12.1 Å². The second kappa shape index (κ2) is 8.90. The van der Waals surface area contributed by atoms with E-state index in [1.54, 1.807) is 59.3 Å². The first-order chi connectivity index (χ1) is 16.9. The van der Waals surface area contributed by atoms with Crippen LogP contribution >= 0.6 is 0 Å². The molecule has 0 saturated heterocycles. The van der Waals surface area contributed by atoms with Crippen LogP contribution in [0.5, 0.6) is 11.6 Å². The van der Waals surface area contributed by atoms with E-state index in [0.29, 0.717) is 34.2 Å². The fraction of sp³-hybridized carbons (Fsp3) is 0.160. The van der Waals surface area contributed by atoms with Gasteiger partial charge >= 0.3 is 5.76 Å². The predicted molar refractivity (Wildman–Crippen MR) is 129 cm³/mol. The molecule has 35 heavy (non-hydrogen) atoms. The Kier molecular flexibility index (Phi) is 5.61. The number of rotatable bonds is 6. The number of aryl methyl sites for hydroxylation is 1. The van der Waals surface area contributed by atoms with Crippen molar-refractivity contribution in [2.24, 2.45) is 0 Å². The van der Waals surface area contributed by atoms with Crippen LogP contribution in [0.25, 0.3) is 16.9 Å². The Labute approximate surface area is 199 Å². The van der Waals surface area contributed by atoms with Gasteiger partial charge in [-0.15, -0.1) is 0 Å². The molecule has 0 bridgehead atoms. The number of hydrogen-bond acceptors (Lipinski definition) is 7. The Morgan fingerprint density at radius 3 is 2.57 bits per heavy atom. The molecule has 0 radical (unpaired) electrons. The summed E-state index contributed by atoms with van der Waals surface area (Å²) in [6, 6.07) is 15.5. The van der Waals surface area contributed by atoms with E-state index in [9.17, 15) is 9.59 Å². The molecule has 5 rings (SSSR count). The molecule has 0 spiro atoms. The van der Waals surface area contributed by atoms with E-state index >= 15 is 0 Å². The van der Waals surface area contributed by atoms with Crippen molar-refractivity contribution in [3.05, 3.63) is 88.4 Å². The first-order valence-corrected chi connectivity index (χ1v) is 10.9. The number of benzene rings is 2. The van der Waals surface area contributed by atoms with Crippen LogP contribution in [0.15, 0.2) is 70.1 Å². The molecule has 0 unspecified atom stereocenters. The largest absolute Gasteiger partial charge is 0.439 e. The molecule has 2 aromatic carbocycles. The number of amides is 1. The summed E-state index contributed by atoms with van der Waals surface area (Å²) in [4.78, 5) is 33.1. The molecular weight excluding hydrogens is 448 g/mol. The number of anilines is 1. The van der Waals surface area contributed by atoms with Crippen LogP contribution in [0.3, 0.4) is 0 Å². The monoisotopic (exact) mass is 470 g/mol. The third-order valence-electron chi connectivity index (χ3n) is 5.73. The van der Waals surface area contributed by atoms with Gasteiger partial charge in [0.2, 0.25) is 11.8 Å². The van der Waals surface area contributed by atoms with Gasteiger partial charge in [0.25, 0.3) is 0 Å². The van der Waals surface area contributed by atoms with E-state index < -0.39 is 5.76 Å². The van der Waals surface area contributed by atoms with Crippen LogP contribution in [0, 0.1) is 20.8 Å². The molecule has 0 aliphatic carbocycles. The summed E-state index contributed by atoms with van der Waals surface area (Å²) in [5, 5.41) is 7.29. The van der Waals surface area contributed by atoms with Gasteiger partial charge in [-0.2, -0.15) is 5.10 Å². The maximum atomic E-state index is 12.5. The molecule has 0 aliphatic heterocycles. The minimum Gasteiger partial charge on any atom is -0.439 e. The number of fused-ring (bicyclic) bond motifs is 1. The highest BCUT2D eigenvalue weighted by Crippen LogP contribution is 2.23. The maximum Gasteiger partial charge on any atom is 0.420 e. The third kappa shape index (κ3) is 4.41. The molecule has 5 aromatic rings. The lowest BCUT2D eigenvalue weighted by Crippen LogP contribution is -2.24. The number of ether oxygens (including phenoxy) is 1. The summed E-state index contributed by atoms with van der Waals surface area (Å²) in [5.41, 5.74) is 4.60. The number of nitrogens with zero attached hydrogens (tertiary/aromatic N) is 5. The fourth-order valence-electron chi connectivity index (χ4n) is 3.68. The van der Waals surface area contributed by atoms with Gasteiger partial charge in [0.05, 0.1) is 11.2 Å². The molecule has 0 saturated carbocycles. The third-order valence-corrected chi connectivity index (χ3v) is 5.73. The van der Waals surface area contributed by atoms with E-state index in [2.05, 4.69) is 20.4 Å². The van der Waals surface area contributed by atoms with Crippen LogP contribution in [0.2, 0.25) is 0 Å². The van der Waals surface area contributed by atoms with Gasteiger partial charge in [-0.05, 0) is 62.7 Å². The van der Waals surface area contributed by atoms with Crippen molar-refractivity contribution in [1.29, 1.82) is 0 Å². The van der Waals surface area contributed by atoms with Crippen LogP contribution in [0.1, 0.15) is 17.0 Å². The lowest BCUT2D eigenvalue weighted by atomic mass is 10.2. The Bertz CT molecular complexity index is 1600. The van der Waals surface area contributed by atoms with Crippen molar-refractivity contribution < 1.29 is 13.9 Å². The highest BCUT2D eigenvalue weighted by Gasteiger charge is 2.13. The minimum atomic E-state index is -0.579. The quantitative estimate of drug-likeness (QED) is 0.400. The van der Waals surface area contributed by atoms with E-state index in [0.717, 1.165) is 17.0 Å². The zero-order valence-electron chi connectivity index (χ0n) is 19.3. The summed E-state index contributed by atoms with van der Waals surface area (Å²) < 4.78 is 14.1. The molecule has 1 N–H and O–H groups in total. The Morgan fingerprint density at radius 1 is 1.06 bits per heavy atom. The van der Waals surface area contributed by atoms with Gasteiger partial charge in [0.1, 0.15) is 18.6 Å². The Hall–Kier alpha value is -4.73. The van der Waals surface area contributed by atoms with Crippen molar-refractivity contribution in [3.8, 4) is 17.4 Å². The lowest BCUT2D eigenvalue weighted by Gasteiger charge is -2.09. The predicted octanol–water partition coefficient (Wildman–Crippen LogP) is 3.93. The van der Waals surface area contributed by atoms with Crippen molar-refractivity contribution in [1.82, 2.24) is 24.3 Å². The molecular formula is C25H22N6O4. The van der Waals surface area contributed by atoms with Crippen molar-refractivity contribution in [2.45, 2.75) is 27.3 Å². The van der Waals surface area contributed by atoms with Gasteiger partial charge in [-0.25, -0.2) is 19.4 Å². The number of oxazole rings is 1. The average molecular weight is 470 g/mol. The van der Waals surface area contributed by atoms with E-state index in [4.69, 9.17) is 9.15 Å². The van der Waals surface area contributed by atoms with Crippen LogP contribution in [-0.2, 0) is 11.3 Å². The highest BCUT2D eigenvalue weighted by molar-refractivity contribution is 5.91. The summed E-state index contributed by atoms with van der Waals surface area (Å²) >= 11 is 0. The molecule has 3 aromatic heterocycles. The van der Waals surface area contributed by atoms with Crippen LogP contribution in [-0.4, -0.2) is 30.2 Å². The summed E-state index contributed by atoms with van der Waals surface area (Å²) in [6.07, 6.45) is 1.42. The second-order valence-corrected chi connectivity index (χ2v) is 8.02. The standard InChI is InChI=1S/C25H22N6O4/c1-15-16(2)29-31(17(15)3)22-12-24(27-14-26-22)34-19-10-8-18(9-11-19)28-23(32)13-30-20-6-4-5-7-21(20)35-25(30)33/h4-12,14H,13H2,1-3H3,(H,28,32). The van der Waals surface area contributed by atoms with Gasteiger partial charge in [0.15, 0.2) is 11.4 Å². The van der Waals surface area contributed by atoms with Gasteiger partial charge in [-0.3, -0.25) is 9.36 Å². The SMILES string of the molecule is Cc1nn(-c2cc(Oc3ccc(NC(=O)Cn4c(=O)oc5ccccc54)cc3)ncn2)c(C)c1C. The first kappa shape index (κ1) is 22.1. The number of para-hydroxylation sites is 2. The number of nitrogens with one attached hydrogen (secondary N) is 1. The lowest BCUT2D eigenvalue weighted by molar-refractivity contribution is -0.116. The summed E-state index contributed by atoms with van der Waals surface area (Å²) in [7, 11) is 0. The topological polar surface area (TPSA) is 117 Å². The number of hydrogen-bond donors (Lipinski definition) is 1. The first-order valence-electron chi connectivity index (χ1n) is 10.9. The van der Waals surface area contributed by atoms with E-state index in [1.165, 1.54) is 10.9 Å². The average Bonchev–Trinajstić information content (AvgIpc) is 3.30. The minimum absolute atomic E-state index is 0.163. The molecule has 10 nitrogen and oxygen atoms in total. The fourth-order valence-corrected chi connectivity index (χ4v) is 3.68. The Morgan fingerprint density at radius 2 is 1.83 bits per heavy atom. The highest BCUT2D eigenvalue weighted by atomic mass is 16.5. The maximum absolute atomic E-state index is 12.5. The molecule has 0 fully saturated rings. The van der Waals surface area contributed by atoms with Crippen molar-refractivity contribution >= 4 is 22.7 Å². The molecule has 176 valence electrons. The summed E-state index contributed by atoms with van der Waals surface area (Å²) in [6.45, 7) is 5.79. The Balaban J connectivity index is 1.26. The van der Waals surface area contributed by atoms with Gasteiger partial charge in [0, 0.05) is 17.4 Å². The van der Waals surface area contributed by atoms with Crippen molar-refractivity contribution in [3.63, 3.8) is 0 Å². The van der Waals surface area contributed by atoms with Crippen molar-refractivity contribution in [2.75, 3.05) is 5.32 Å². The number of carbonyl (C=O) groups is 1. The zero-order chi connectivity index (χ0) is 24.5. The van der Waals surface area contributed by atoms with E-state index in [-0.39, 0.29) is 12.5 Å². The molecule has 0 atom stereocenters. The molecule has 0 aliphatic rings. The van der Waals surface area contributed by atoms with E-state index in [1.807, 2.05) is 20.8 Å². The van der Waals surface area contributed by atoms with Crippen LogP contribution < -0.4 is 15.8 Å². The summed E-state index contributed by atoms with van der Waals surface area (Å²) in [5.74, 6) is 0.574. The smallest absolute Gasteiger partial charge is 0.420 e. The second-order valence-electron chi connectivity index (χ2n) is 8.02. The van der Waals surface area contributed by atoms with Crippen LogP contribution in [0.4, 0.5) is 5.69 Å². The number of aromatic nitrogens is 5. The molecule has 10 heteroatoms.